The molecule has 2 heterocycles. The average molecular weight is 427 g/mol. The van der Waals surface area contributed by atoms with Crippen molar-refractivity contribution in [2.75, 3.05) is 11.9 Å². The van der Waals surface area contributed by atoms with Gasteiger partial charge in [0.2, 0.25) is 11.8 Å². The third-order valence-corrected chi connectivity index (χ3v) is 5.35. The number of amides is 2. The van der Waals surface area contributed by atoms with Crippen LogP contribution in [0.1, 0.15) is 24.1 Å². The van der Waals surface area contributed by atoms with Gasteiger partial charge in [0.25, 0.3) is 0 Å². The van der Waals surface area contributed by atoms with Crippen molar-refractivity contribution in [1.82, 2.24) is 15.1 Å². The fraction of sp³-hybridized carbons (Fsp3) is 0.227. The van der Waals surface area contributed by atoms with E-state index in [0.29, 0.717) is 30.2 Å². The molecule has 0 fully saturated rings. The first-order chi connectivity index (χ1) is 14.5. The van der Waals surface area contributed by atoms with Crippen LogP contribution in [-0.4, -0.2) is 33.5 Å². The summed E-state index contributed by atoms with van der Waals surface area (Å²) in [4.78, 5) is 26.5. The molecule has 0 radical (unpaired) electrons. The van der Waals surface area contributed by atoms with E-state index in [1.54, 1.807) is 4.90 Å². The number of nitrogens with one attached hydrogen (secondary N) is 2. The highest BCUT2D eigenvalue weighted by atomic mass is 35.5. The molecule has 4 rings (SSSR count). The summed E-state index contributed by atoms with van der Waals surface area (Å²) in [6.07, 6.45) is 0.856. The third-order valence-electron chi connectivity index (χ3n) is 5.10. The number of fused-ring (bicyclic) bond motifs is 1. The first-order valence-electron chi connectivity index (χ1n) is 9.65. The number of aromatic amines is 1. The molecule has 2 N–H and O–H groups in total. The van der Waals surface area contributed by atoms with Gasteiger partial charge in [-0.05, 0) is 36.4 Å². The topological polar surface area (TPSA) is 78.1 Å². The van der Waals surface area contributed by atoms with Crippen LogP contribution >= 0.6 is 11.6 Å². The Morgan fingerprint density at radius 3 is 2.57 bits per heavy atom. The number of aromatic nitrogens is 2. The molecule has 0 saturated heterocycles. The Hall–Kier alpha value is -3.19. The number of hydrogen-bond donors (Lipinski definition) is 2. The summed E-state index contributed by atoms with van der Waals surface area (Å²) in [5.41, 5.74) is 4.27. The van der Waals surface area contributed by atoms with Gasteiger partial charge in [-0.1, -0.05) is 23.7 Å². The summed E-state index contributed by atoms with van der Waals surface area (Å²) in [6, 6.07) is 12.9. The van der Waals surface area contributed by atoms with Crippen molar-refractivity contribution in [1.29, 1.82) is 0 Å². The number of benzene rings is 2. The second kappa shape index (κ2) is 8.67. The standard InChI is InChI=1S/C22H20ClFN4O2/c23-15-3-1-14(2-4-15)22-18-13-28(12-11-19(18)26-27-22)21(30)10-9-20(29)25-17-7-5-16(24)6-8-17/h1-8H,9-13H2,(H,25,29)(H,26,27). The zero-order valence-electron chi connectivity index (χ0n) is 16.1. The van der Waals surface area contributed by atoms with E-state index < -0.39 is 0 Å². The maximum Gasteiger partial charge on any atom is 0.224 e. The van der Waals surface area contributed by atoms with Crippen LogP contribution in [0.3, 0.4) is 0 Å². The van der Waals surface area contributed by atoms with E-state index in [9.17, 15) is 14.0 Å². The van der Waals surface area contributed by atoms with Crippen LogP contribution in [0.5, 0.6) is 0 Å². The molecule has 0 atom stereocenters. The monoisotopic (exact) mass is 426 g/mol. The molecule has 30 heavy (non-hydrogen) atoms. The smallest absolute Gasteiger partial charge is 0.224 e. The Morgan fingerprint density at radius 1 is 1.10 bits per heavy atom. The van der Waals surface area contributed by atoms with Gasteiger partial charge in [0.05, 0.1) is 5.69 Å². The highest BCUT2D eigenvalue weighted by Gasteiger charge is 2.25. The van der Waals surface area contributed by atoms with Crippen molar-refractivity contribution in [2.24, 2.45) is 0 Å². The predicted octanol–water partition coefficient (Wildman–Crippen LogP) is 4.17. The summed E-state index contributed by atoms with van der Waals surface area (Å²) >= 11 is 5.97. The lowest BCUT2D eigenvalue weighted by Crippen LogP contribution is -2.36. The number of anilines is 1. The summed E-state index contributed by atoms with van der Waals surface area (Å²) in [5.74, 6) is -0.735. The normalized spacial score (nSPS) is 13.1. The molecule has 0 bridgehead atoms. The van der Waals surface area contributed by atoms with Gasteiger partial charge in [0.1, 0.15) is 5.82 Å². The Labute approximate surface area is 178 Å². The van der Waals surface area contributed by atoms with Crippen LogP contribution in [0.15, 0.2) is 48.5 Å². The van der Waals surface area contributed by atoms with Crippen molar-refractivity contribution >= 4 is 29.1 Å². The van der Waals surface area contributed by atoms with Crippen LogP contribution in [0.2, 0.25) is 5.02 Å². The number of carbonyl (C=O) groups excluding carboxylic acids is 2. The van der Waals surface area contributed by atoms with Gasteiger partial charge in [-0.15, -0.1) is 0 Å². The van der Waals surface area contributed by atoms with Gasteiger partial charge < -0.3 is 10.2 Å². The molecule has 0 spiro atoms. The minimum atomic E-state index is -0.370. The first-order valence-corrected chi connectivity index (χ1v) is 10.0. The van der Waals surface area contributed by atoms with Crippen LogP contribution in [0, 0.1) is 5.82 Å². The first kappa shape index (κ1) is 20.1. The van der Waals surface area contributed by atoms with Crippen LogP contribution in [0.4, 0.5) is 10.1 Å². The van der Waals surface area contributed by atoms with Crippen molar-refractivity contribution < 1.29 is 14.0 Å². The summed E-state index contributed by atoms with van der Waals surface area (Å²) < 4.78 is 12.9. The Balaban J connectivity index is 1.36. The molecule has 2 amide bonds. The van der Waals surface area contributed by atoms with Gasteiger partial charge in [-0.3, -0.25) is 14.7 Å². The van der Waals surface area contributed by atoms with Gasteiger partial charge in [-0.25, -0.2) is 4.39 Å². The maximum absolute atomic E-state index is 12.9. The Bertz CT molecular complexity index is 1060. The molecule has 8 heteroatoms. The summed E-state index contributed by atoms with van der Waals surface area (Å²) in [7, 11) is 0. The number of halogens is 2. The third kappa shape index (κ3) is 4.52. The van der Waals surface area contributed by atoms with Gasteiger partial charge >= 0.3 is 0 Å². The van der Waals surface area contributed by atoms with E-state index >= 15 is 0 Å². The highest BCUT2D eigenvalue weighted by Crippen LogP contribution is 2.29. The minimum Gasteiger partial charge on any atom is -0.338 e. The van der Waals surface area contributed by atoms with E-state index in [0.717, 1.165) is 22.5 Å². The number of rotatable bonds is 5. The van der Waals surface area contributed by atoms with Gasteiger partial charge in [0.15, 0.2) is 0 Å². The second-order valence-corrected chi connectivity index (χ2v) is 7.59. The second-order valence-electron chi connectivity index (χ2n) is 7.16. The number of nitrogens with zero attached hydrogens (tertiary/aromatic N) is 2. The van der Waals surface area contributed by atoms with Gasteiger partial charge in [-0.2, -0.15) is 5.10 Å². The summed E-state index contributed by atoms with van der Waals surface area (Å²) in [5, 5.41) is 10.8. The zero-order chi connectivity index (χ0) is 21.1. The van der Waals surface area contributed by atoms with E-state index in [-0.39, 0.29) is 30.5 Å². The van der Waals surface area contributed by atoms with E-state index in [1.165, 1.54) is 24.3 Å². The molecule has 1 aromatic heterocycles. The highest BCUT2D eigenvalue weighted by molar-refractivity contribution is 6.30. The molecule has 154 valence electrons. The molecule has 6 nitrogen and oxygen atoms in total. The fourth-order valence-corrected chi connectivity index (χ4v) is 3.62. The lowest BCUT2D eigenvalue weighted by Gasteiger charge is -2.27. The van der Waals surface area contributed by atoms with Crippen molar-refractivity contribution in [3.8, 4) is 11.3 Å². The SMILES string of the molecule is O=C(CCC(=O)N1CCc2[nH]nc(-c3ccc(Cl)cc3)c2C1)Nc1ccc(F)cc1. The number of H-pyrrole nitrogens is 1. The van der Waals surface area contributed by atoms with Crippen LogP contribution in [-0.2, 0) is 22.6 Å². The van der Waals surface area contributed by atoms with Gasteiger partial charge in [0, 0.05) is 59.9 Å². The Kier molecular flexibility index (Phi) is 5.81. The molecule has 1 aliphatic heterocycles. The van der Waals surface area contributed by atoms with E-state index in [1.807, 2.05) is 24.3 Å². The number of carbonyl (C=O) groups is 2. The zero-order valence-corrected chi connectivity index (χ0v) is 16.9. The number of hydrogen-bond acceptors (Lipinski definition) is 3. The molecular weight excluding hydrogens is 407 g/mol. The molecule has 0 saturated carbocycles. The minimum absolute atomic E-state index is 0.0645. The van der Waals surface area contributed by atoms with Crippen molar-refractivity contribution in [3.63, 3.8) is 0 Å². The predicted molar refractivity (Wildman–Crippen MR) is 112 cm³/mol. The lowest BCUT2D eigenvalue weighted by molar-refractivity contribution is -0.133. The van der Waals surface area contributed by atoms with E-state index in [2.05, 4.69) is 15.5 Å². The van der Waals surface area contributed by atoms with Crippen molar-refractivity contribution in [2.45, 2.75) is 25.8 Å². The molecular formula is C22H20ClFN4O2. The molecule has 0 unspecified atom stereocenters. The molecule has 1 aliphatic rings. The van der Waals surface area contributed by atoms with Crippen molar-refractivity contribution in [3.05, 3.63) is 70.6 Å². The lowest BCUT2D eigenvalue weighted by atomic mass is 10.0. The van der Waals surface area contributed by atoms with Crippen LogP contribution < -0.4 is 5.32 Å². The molecule has 2 aromatic carbocycles. The Morgan fingerprint density at radius 2 is 1.83 bits per heavy atom. The van der Waals surface area contributed by atoms with Crippen LogP contribution in [0.25, 0.3) is 11.3 Å². The molecule has 3 aromatic rings. The molecule has 0 aliphatic carbocycles. The average Bonchev–Trinajstić information content (AvgIpc) is 3.17. The maximum atomic E-state index is 12.9. The quantitative estimate of drug-likeness (QED) is 0.642. The largest absolute Gasteiger partial charge is 0.338 e. The van der Waals surface area contributed by atoms with E-state index in [4.69, 9.17) is 11.6 Å². The summed E-state index contributed by atoms with van der Waals surface area (Å²) in [6.45, 7) is 1.02. The fourth-order valence-electron chi connectivity index (χ4n) is 3.49.